The summed E-state index contributed by atoms with van der Waals surface area (Å²) in [7, 11) is 0. The number of carbonyl (C=O) groups excluding carboxylic acids is 1. The molecule has 1 heterocycles. The van der Waals surface area contributed by atoms with Gasteiger partial charge < -0.3 is 14.6 Å². The fraction of sp³-hybridized carbons (Fsp3) is 0.650. The van der Waals surface area contributed by atoms with Crippen molar-refractivity contribution in [2.24, 2.45) is 0 Å². The number of hydrogen-bond donors (Lipinski definition) is 1. The highest BCUT2D eigenvalue weighted by Crippen LogP contribution is 2.39. The van der Waals surface area contributed by atoms with Gasteiger partial charge in [-0.3, -0.25) is 4.79 Å². The van der Waals surface area contributed by atoms with Crippen LogP contribution in [0, 0.1) is 0 Å². The molecule has 0 bridgehead atoms. The van der Waals surface area contributed by atoms with Crippen LogP contribution in [0.1, 0.15) is 64.4 Å². The highest BCUT2D eigenvalue weighted by Gasteiger charge is 2.38. The molecule has 1 saturated carbocycles. The molecule has 1 fully saturated rings. The molecule has 2 aliphatic rings. The minimum Gasteiger partial charge on any atom is -0.616 e. The summed E-state index contributed by atoms with van der Waals surface area (Å²) in [5.74, 6) is 1.63. The second-order valence-corrected chi connectivity index (χ2v) is 9.52. The first-order valence-electron chi connectivity index (χ1n) is 9.44. The van der Waals surface area contributed by atoms with E-state index in [2.05, 4.69) is 5.32 Å². The van der Waals surface area contributed by atoms with Crippen LogP contribution in [0.4, 0.5) is 5.69 Å². The van der Waals surface area contributed by atoms with Gasteiger partial charge in [-0.2, -0.15) is 0 Å². The molecule has 25 heavy (non-hydrogen) atoms. The van der Waals surface area contributed by atoms with Crippen molar-refractivity contribution in [3.05, 3.63) is 23.8 Å². The van der Waals surface area contributed by atoms with E-state index in [1.165, 1.54) is 19.3 Å². The van der Waals surface area contributed by atoms with Crippen molar-refractivity contribution in [1.29, 1.82) is 0 Å². The summed E-state index contributed by atoms with van der Waals surface area (Å²) in [6.07, 6.45) is 7.93. The number of unbranched alkanes of at least 4 members (excludes halogenated alkanes) is 1. The molecule has 1 aromatic carbocycles. The normalized spacial score (nSPS) is 20.8. The number of amides is 1. The van der Waals surface area contributed by atoms with Crippen molar-refractivity contribution in [3.63, 3.8) is 0 Å². The highest BCUT2D eigenvalue weighted by atomic mass is 32.2. The van der Waals surface area contributed by atoms with E-state index in [1.54, 1.807) is 0 Å². The van der Waals surface area contributed by atoms with Gasteiger partial charge in [-0.25, -0.2) is 0 Å². The molecule has 0 aromatic heterocycles. The number of rotatable bonds is 7. The van der Waals surface area contributed by atoms with E-state index >= 15 is 0 Å². The van der Waals surface area contributed by atoms with Gasteiger partial charge in [-0.15, -0.1) is 0 Å². The van der Waals surface area contributed by atoms with Crippen LogP contribution in [0.25, 0.3) is 0 Å². The predicted molar refractivity (Wildman–Crippen MR) is 103 cm³/mol. The molecule has 1 aliphatic carbocycles. The van der Waals surface area contributed by atoms with Crippen LogP contribution >= 0.6 is 0 Å². The van der Waals surface area contributed by atoms with E-state index in [4.69, 9.17) is 4.74 Å². The van der Waals surface area contributed by atoms with Crippen LogP contribution in [-0.2, 0) is 21.4 Å². The zero-order chi connectivity index (χ0) is 17.9. The summed E-state index contributed by atoms with van der Waals surface area (Å²) >= 11 is -0.670. The van der Waals surface area contributed by atoms with E-state index in [0.717, 1.165) is 48.4 Å². The molecular weight excluding hydrogens is 334 g/mol. The van der Waals surface area contributed by atoms with E-state index in [9.17, 15) is 9.35 Å². The van der Waals surface area contributed by atoms with Crippen LogP contribution < -0.4 is 10.1 Å². The molecule has 1 atom stereocenters. The minimum atomic E-state index is -0.670. The van der Waals surface area contributed by atoms with Gasteiger partial charge >= 0.3 is 0 Å². The molecule has 138 valence electrons. The quantitative estimate of drug-likeness (QED) is 0.584. The number of ether oxygens (including phenoxy) is 1. The Balaban J connectivity index is 1.41. The largest absolute Gasteiger partial charge is 0.616 e. The molecular formula is C20H29NO3S. The van der Waals surface area contributed by atoms with Gasteiger partial charge in [0.05, 0.1) is 12.0 Å². The van der Waals surface area contributed by atoms with Crippen molar-refractivity contribution in [2.75, 3.05) is 17.7 Å². The summed E-state index contributed by atoms with van der Waals surface area (Å²) in [5, 5.41) is 3.34. The molecule has 0 radical (unpaired) electrons. The third-order valence-electron chi connectivity index (χ3n) is 5.41. The topological polar surface area (TPSA) is 61.4 Å². The van der Waals surface area contributed by atoms with E-state index in [1.807, 2.05) is 32.0 Å². The Hall–Kier alpha value is -1.20. The van der Waals surface area contributed by atoms with Crippen LogP contribution in [0.5, 0.6) is 5.75 Å². The lowest BCUT2D eigenvalue weighted by molar-refractivity contribution is -0.119. The second-order valence-electron chi connectivity index (χ2n) is 7.69. The lowest BCUT2D eigenvalue weighted by Gasteiger charge is -2.25. The summed E-state index contributed by atoms with van der Waals surface area (Å²) in [6.45, 7) is 4.49. The maximum Gasteiger partial charge on any atom is 0.234 e. The van der Waals surface area contributed by atoms with Crippen LogP contribution in [-0.4, -0.2) is 28.1 Å². The van der Waals surface area contributed by atoms with E-state index in [0.29, 0.717) is 11.9 Å². The molecule has 1 unspecified atom stereocenters. The van der Waals surface area contributed by atoms with Gasteiger partial charge in [0, 0.05) is 5.69 Å². The third-order valence-corrected chi connectivity index (χ3v) is 7.32. The maximum atomic E-state index is 12.3. The van der Waals surface area contributed by atoms with Gasteiger partial charge in [-0.05, 0) is 76.1 Å². The number of nitrogens with one attached hydrogen (secondary N) is 1. The molecule has 1 aromatic rings. The van der Waals surface area contributed by atoms with Crippen molar-refractivity contribution in [3.8, 4) is 5.75 Å². The fourth-order valence-corrected chi connectivity index (χ4v) is 5.35. The first-order chi connectivity index (χ1) is 12.0. The van der Waals surface area contributed by atoms with Crippen LogP contribution in [0.3, 0.4) is 0 Å². The Morgan fingerprint density at radius 2 is 2.00 bits per heavy atom. The minimum absolute atomic E-state index is 0.0323. The first kappa shape index (κ1) is 18.6. The van der Waals surface area contributed by atoms with E-state index < -0.39 is 16.6 Å². The SMILES string of the molecule is CC1(C)C(=O)Nc2ccc(OCCCC[S+]([O-])C3CCCCC3)cc21. The Labute approximate surface area is 153 Å². The van der Waals surface area contributed by atoms with E-state index in [-0.39, 0.29) is 5.91 Å². The highest BCUT2D eigenvalue weighted by molar-refractivity contribution is 7.92. The van der Waals surface area contributed by atoms with Crippen LogP contribution in [0.15, 0.2) is 18.2 Å². The molecule has 5 heteroatoms. The molecule has 4 nitrogen and oxygen atoms in total. The number of hydrogen-bond acceptors (Lipinski definition) is 3. The zero-order valence-electron chi connectivity index (χ0n) is 15.3. The summed E-state index contributed by atoms with van der Waals surface area (Å²) in [4.78, 5) is 12.0. The average Bonchev–Trinajstić information content (AvgIpc) is 2.84. The van der Waals surface area contributed by atoms with Crippen molar-refractivity contribution in [2.45, 2.75) is 69.5 Å². The van der Waals surface area contributed by atoms with Crippen LogP contribution in [0.2, 0.25) is 0 Å². The molecule has 0 saturated heterocycles. The molecule has 0 spiro atoms. The molecule has 1 amide bonds. The zero-order valence-corrected chi connectivity index (χ0v) is 16.1. The Morgan fingerprint density at radius 3 is 2.76 bits per heavy atom. The number of fused-ring (bicyclic) bond motifs is 1. The molecule has 1 aliphatic heterocycles. The Bertz CT molecular complexity index is 611. The van der Waals surface area contributed by atoms with Crippen molar-refractivity contribution in [1.82, 2.24) is 0 Å². The number of anilines is 1. The van der Waals surface area contributed by atoms with Gasteiger partial charge in [-0.1, -0.05) is 17.6 Å². The average molecular weight is 364 g/mol. The monoisotopic (exact) mass is 363 g/mol. The lowest BCUT2D eigenvalue weighted by atomic mass is 9.86. The lowest BCUT2D eigenvalue weighted by Crippen LogP contribution is -2.26. The fourth-order valence-electron chi connectivity index (χ4n) is 3.67. The number of benzene rings is 1. The molecule has 1 N–H and O–H groups in total. The Kier molecular flexibility index (Phi) is 5.95. The standard InChI is InChI=1S/C20H29NO3S/c1-20(2)17-14-15(10-11-18(17)21-19(20)22)24-12-6-7-13-25(23)16-8-4-3-5-9-16/h10-11,14,16H,3-9,12-13H2,1-2H3,(H,21,22). The van der Waals surface area contributed by atoms with Crippen molar-refractivity contribution >= 4 is 22.8 Å². The maximum absolute atomic E-state index is 12.3. The first-order valence-corrected chi connectivity index (χ1v) is 10.8. The number of carbonyl (C=O) groups is 1. The Morgan fingerprint density at radius 1 is 1.24 bits per heavy atom. The summed E-state index contributed by atoms with van der Waals surface area (Å²) < 4.78 is 18.1. The smallest absolute Gasteiger partial charge is 0.234 e. The predicted octanol–water partition coefficient (Wildman–Crippen LogP) is 4.16. The van der Waals surface area contributed by atoms with Gasteiger partial charge in [0.2, 0.25) is 5.91 Å². The third kappa shape index (κ3) is 4.32. The second kappa shape index (κ2) is 8.00. The van der Waals surface area contributed by atoms with Gasteiger partial charge in [0.25, 0.3) is 0 Å². The summed E-state index contributed by atoms with van der Waals surface area (Å²) in [6, 6.07) is 5.78. The van der Waals surface area contributed by atoms with Gasteiger partial charge in [0.1, 0.15) is 16.8 Å². The van der Waals surface area contributed by atoms with Crippen molar-refractivity contribution < 1.29 is 14.1 Å². The van der Waals surface area contributed by atoms with Gasteiger partial charge in [0.15, 0.2) is 0 Å². The summed E-state index contributed by atoms with van der Waals surface area (Å²) in [5.41, 5.74) is 1.37. The molecule has 3 rings (SSSR count).